The third-order valence-corrected chi connectivity index (χ3v) is 4.55. The van der Waals surface area contributed by atoms with Crippen LogP contribution < -0.4 is 10.3 Å². The number of hydrogen-bond donors (Lipinski definition) is 1. The average Bonchev–Trinajstić information content (AvgIpc) is 2.61. The van der Waals surface area contributed by atoms with Crippen LogP contribution in [0, 0.1) is 0 Å². The minimum Gasteiger partial charge on any atom is -0.275 e. The van der Waals surface area contributed by atoms with Gasteiger partial charge in [0.05, 0.1) is 0 Å². The zero-order valence-corrected chi connectivity index (χ0v) is 15.8. The highest BCUT2D eigenvalue weighted by Crippen LogP contribution is 2.42. The highest BCUT2D eigenvalue weighted by molar-refractivity contribution is 8.03. The molecule has 1 heterocycles. The molecule has 0 aliphatic carbocycles. The monoisotopic (exact) mass is 381 g/mol. The SMILES string of the molecule is CC1NN(SC(Cl)(Cl)Cl)C(=O)N1c1ccc(C(C)(C)C)cc1. The van der Waals surface area contributed by atoms with Crippen LogP contribution in [0.3, 0.4) is 0 Å². The van der Waals surface area contributed by atoms with E-state index in [0.29, 0.717) is 0 Å². The summed E-state index contributed by atoms with van der Waals surface area (Å²) in [6.07, 6.45) is -0.229. The molecule has 0 spiro atoms. The van der Waals surface area contributed by atoms with Gasteiger partial charge in [0.2, 0.25) is 0 Å². The van der Waals surface area contributed by atoms with Crippen molar-refractivity contribution in [3.63, 3.8) is 0 Å². The van der Waals surface area contributed by atoms with Crippen LogP contribution >= 0.6 is 46.8 Å². The molecule has 122 valence electrons. The van der Waals surface area contributed by atoms with E-state index < -0.39 is 3.12 Å². The van der Waals surface area contributed by atoms with Crippen LogP contribution in [0.1, 0.15) is 33.3 Å². The summed E-state index contributed by atoms with van der Waals surface area (Å²) in [5.74, 6) is 0. The standard InChI is InChI=1S/C14H18Cl3N3OS/c1-9-18-20(22-14(15,16)17)12(21)19(9)11-7-5-10(6-8-11)13(2,3)4/h5-9,18H,1-4H3. The second kappa shape index (κ2) is 6.29. The van der Waals surface area contributed by atoms with E-state index in [1.807, 2.05) is 31.2 Å². The Balaban J connectivity index is 2.20. The molecule has 1 N–H and O–H groups in total. The number of alkyl halides is 3. The van der Waals surface area contributed by atoms with Gasteiger partial charge in [0.25, 0.3) is 3.12 Å². The van der Waals surface area contributed by atoms with Crippen molar-refractivity contribution in [3.8, 4) is 0 Å². The molecular formula is C14H18Cl3N3OS. The maximum absolute atomic E-state index is 12.5. The van der Waals surface area contributed by atoms with E-state index in [4.69, 9.17) is 34.8 Å². The number of hydrogen-bond acceptors (Lipinski definition) is 3. The summed E-state index contributed by atoms with van der Waals surface area (Å²) in [6, 6.07) is 7.65. The molecule has 0 aromatic heterocycles. The molecule has 1 aliphatic heterocycles. The molecule has 1 atom stereocenters. The fraction of sp³-hybridized carbons (Fsp3) is 0.500. The predicted molar refractivity (Wildman–Crippen MR) is 95.3 cm³/mol. The third kappa shape index (κ3) is 4.15. The van der Waals surface area contributed by atoms with E-state index in [-0.39, 0.29) is 17.6 Å². The summed E-state index contributed by atoms with van der Waals surface area (Å²) in [5.41, 5.74) is 5.04. The Kier molecular flexibility index (Phi) is 5.15. The zero-order valence-electron chi connectivity index (χ0n) is 12.7. The van der Waals surface area contributed by atoms with Gasteiger partial charge >= 0.3 is 6.03 Å². The van der Waals surface area contributed by atoms with E-state index in [9.17, 15) is 4.79 Å². The molecule has 2 amide bonds. The number of carbonyl (C=O) groups excluding carboxylic acids is 1. The number of halogens is 3. The third-order valence-electron chi connectivity index (χ3n) is 3.28. The lowest BCUT2D eigenvalue weighted by molar-refractivity contribution is 0.236. The molecule has 4 nitrogen and oxygen atoms in total. The smallest absolute Gasteiger partial charge is 0.275 e. The average molecular weight is 383 g/mol. The first-order valence-corrected chi connectivity index (χ1v) is 8.66. The van der Waals surface area contributed by atoms with Gasteiger partial charge in [0.15, 0.2) is 0 Å². The summed E-state index contributed by atoms with van der Waals surface area (Å²) in [4.78, 5) is 14.1. The first kappa shape index (κ1) is 18.0. The van der Waals surface area contributed by atoms with E-state index in [1.54, 1.807) is 4.90 Å². The van der Waals surface area contributed by atoms with E-state index in [0.717, 1.165) is 17.6 Å². The Morgan fingerprint density at radius 3 is 2.14 bits per heavy atom. The van der Waals surface area contributed by atoms with Gasteiger partial charge in [0, 0.05) is 17.6 Å². The molecule has 1 unspecified atom stereocenters. The van der Waals surface area contributed by atoms with Crippen molar-refractivity contribution < 1.29 is 4.79 Å². The summed E-state index contributed by atoms with van der Waals surface area (Å²) >= 11 is 18.0. The second-order valence-corrected chi connectivity index (χ2v) is 10.2. The van der Waals surface area contributed by atoms with E-state index in [1.165, 1.54) is 9.98 Å². The van der Waals surface area contributed by atoms with Gasteiger partial charge < -0.3 is 0 Å². The zero-order chi connectivity index (χ0) is 16.7. The molecule has 0 saturated carbocycles. The van der Waals surface area contributed by atoms with Crippen molar-refractivity contribution in [1.82, 2.24) is 9.84 Å². The Labute approximate surface area is 150 Å². The van der Waals surface area contributed by atoms with Crippen LogP contribution in [0.4, 0.5) is 10.5 Å². The summed E-state index contributed by atoms with van der Waals surface area (Å²) in [6.45, 7) is 8.31. The molecular weight excluding hydrogens is 365 g/mol. The molecule has 0 radical (unpaired) electrons. The number of hydrazine groups is 1. The Hall–Kier alpha value is -0.330. The Morgan fingerprint density at radius 2 is 1.68 bits per heavy atom. The second-order valence-electron chi connectivity index (χ2n) is 6.09. The molecule has 22 heavy (non-hydrogen) atoms. The maximum atomic E-state index is 12.5. The number of carbonyl (C=O) groups is 1. The normalized spacial score (nSPS) is 20.0. The lowest BCUT2D eigenvalue weighted by Crippen LogP contribution is -2.34. The van der Waals surface area contributed by atoms with Crippen molar-refractivity contribution in [2.45, 2.75) is 42.4 Å². The van der Waals surface area contributed by atoms with Gasteiger partial charge in [-0.2, -0.15) is 9.84 Å². The number of amides is 2. The molecule has 1 aromatic carbocycles. The summed E-state index contributed by atoms with van der Waals surface area (Å²) in [7, 11) is 0. The first-order chi connectivity index (χ1) is 9.99. The molecule has 1 aliphatic rings. The van der Waals surface area contributed by atoms with Gasteiger partial charge in [-0.05, 0) is 30.0 Å². The van der Waals surface area contributed by atoms with Gasteiger partial charge in [-0.15, -0.1) is 0 Å². The number of nitrogens with one attached hydrogen (secondary N) is 1. The predicted octanol–water partition coefficient (Wildman–Crippen LogP) is 5.05. The lowest BCUT2D eigenvalue weighted by Gasteiger charge is -2.23. The highest BCUT2D eigenvalue weighted by Gasteiger charge is 2.40. The fourth-order valence-electron chi connectivity index (χ4n) is 2.17. The van der Waals surface area contributed by atoms with Crippen molar-refractivity contribution in [3.05, 3.63) is 29.8 Å². The topological polar surface area (TPSA) is 35.6 Å². The van der Waals surface area contributed by atoms with Crippen LogP contribution in [0.25, 0.3) is 0 Å². The van der Waals surface area contributed by atoms with Crippen molar-refractivity contribution in [2.75, 3.05) is 4.90 Å². The molecule has 8 heteroatoms. The summed E-state index contributed by atoms with van der Waals surface area (Å²) < 4.78 is -0.357. The van der Waals surface area contributed by atoms with Gasteiger partial charge in [-0.25, -0.2) is 4.79 Å². The van der Waals surface area contributed by atoms with Gasteiger partial charge in [-0.3, -0.25) is 4.90 Å². The van der Waals surface area contributed by atoms with Crippen molar-refractivity contribution in [2.24, 2.45) is 0 Å². The fourth-order valence-corrected chi connectivity index (χ4v) is 3.37. The lowest BCUT2D eigenvalue weighted by atomic mass is 9.87. The van der Waals surface area contributed by atoms with Crippen LogP contribution in [0.15, 0.2) is 24.3 Å². The Bertz CT molecular complexity index is 554. The number of anilines is 1. The number of rotatable bonds is 2. The number of nitrogens with zero attached hydrogens (tertiary/aromatic N) is 2. The molecule has 1 fully saturated rings. The maximum Gasteiger partial charge on any atom is 0.350 e. The van der Waals surface area contributed by atoms with Crippen LogP contribution in [0.5, 0.6) is 0 Å². The van der Waals surface area contributed by atoms with Gasteiger partial charge in [-0.1, -0.05) is 67.7 Å². The van der Waals surface area contributed by atoms with Crippen LogP contribution in [-0.4, -0.2) is 19.7 Å². The first-order valence-electron chi connectivity index (χ1n) is 6.75. The number of benzene rings is 1. The van der Waals surface area contributed by atoms with Crippen LogP contribution in [-0.2, 0) is 5.41 Å². The minimum atomic E-state index is -1.60. The quantitative estimate of drug-likeness (QED) is 0.574. The van der Waals surface area contributed by atoms with Crippen molar-refractivity contribution >= 4 is 58.5 Å². The Morgan fingerprint density at radius 1 is 1.14 bits per heavy atom. The van der Waals surface area contributed by atoms with Gasteiger partial charge in [0.1, 0.15) is 6.17 Å². The molecule has 1 saturated heterocycles. The van der Waals surface area contributed by atoms with Crippen molar-refractivity contribution in [1.29, 1.82) is 0 Å². The molecule has 0 bridgehead atoms. The summed E-state index contributed by atoms with van der Waals surface area (Å²) in [5, 5.41) is 0. The number of urea groups is 1. The minimum absolute atomic E-state index is 0.0643. The molecule has 2 rings (SSSR count). The molecule has 1 aromatic rings. The van der Waals surface area contributed by atoms with E-state index in [2.05, 4.69) is 26.2 Å². The highest BCUT2D eigenvalue weighted by atomic mass is 35.6. The van der Waals surface area contributed by atoms with E-state index >= 15 is 0 Å². The largest absolute Gasteiger partial charge is 0.350 e. The van der Waals surface area contributed by atoms with Crippen LogP contribution in [0.2, 0.25) is 0 Å².